The van der Waals surface area contributed by atoms with Crippen LogP contribution in [0.25, 0.3) is 0 Å². The Morgan fingerprint density at radius 2 is 2.31 bits per heavy atom. The molecule has 0 bridgehead atoms. The zero-order valence-corrected chi connectivity index (χ0v) is 8.62. The molecule has 0 aliphatic heterocycles. The summed E-state index contributed by atoms with van der Waals surface area (Å²) in [4.78, 5) is 13.0. The van der Waals surface area contributed by atoms with Crippen LogP contribution in [0.5, 0.6) is 0 Å². The number of halogens is 1. The first-order valence-electron chi connectivity index (χ1n) is 3.93. The lowest BCUT2D eigenvalue weighted by atomic mass is 10.3. The average molecular weight is 202 g/mol. The fourth-order valence-corrected chi connectivity index (χ4v) is 1.16. The fourth-order valence-electron chi connectivity index (χ4n) is 1.01. The van der Waals surface area contributed by atoms with E-state index < -0.39 is 0 Å². The molecule has 0 radical (unpaired) electrons. The van der Waals surface area contributed by atoms with Crippen LogP contribution in [0, 0.1) is 0 Å². The van der Waals surface area contributed by atoms with Crippen molar-refractivity contribution in [3.05, 3.63) is 17.4 Å². The Kier molecular flexibility index (Phi) is 2.93. The quantitative estimate of drug-likeness (QED) is 0.721. The summed E-state index contributed by atoms with van der Waals surface area (Å²) in [6, 6.07) is -0.303. The zero-order valence-electron chi connectivity index (χ0n) is 7.86. The van der Waals surface area contributed by atoms with Gasteiger partial charge in [0.05, 0.1) is 11.2 Å². The summed E-state index contributed by atoms with van der Waals surface area (Å²) in [6.45, 7) is 1.78. The van der Waals surface area contributed by atoms with Gasteiger partial charge >= 0.3 is 0 Å². The first kappa shape index (κ1) is 10.1. The summed E-state index contributed by atoms with van der Waals surface area (Å²) in [5, 5.41) is 4.50. The van der Waals surface area contributed by atoms with Crippen LogP contribution in [0.15, 0.2) is 12.4 Å². The van der Waals surface area contributed by atoms with Crippen LogP contribution >= 0.6 is 11.6 Å². The van der Waals surface area contributed by atoms with Crippen molar-refractivity contribution < 1.29 is 4.79 Å². The van der Waals surface area contributed by atoms with E-state index in [0.717, 1.165) is 0 Å². The molecule has 1 atom stereocenters. The molecule has 1 heterocycles. The molecule has 0 aliphatic rings. The van der Waals surface area contributed by atoms with Gasteiger partial charge in [-0.3, -0.25) is 9.48 Å². The summed E-state index contributed by atoms with van der Waals surface area (Å²) in [5.74, 6) is -0.000216. The third-order valence-corrected chi connectivity index (χ3v) is 1.96. The van der Waals surface area contributed by atoms with Crippen molar-refractivity contribution in [3.8, 4) is 0 Å². The molecule has 1 unspecified atom stereocenters. The van der Waals surface area contributed by atoms with E-state index in [1.165, 1.54) is 11.1 Å². The normalized spacial score (nSPS) is 12.6. The van der Waals surface area contributed by atoms with Crippen molar-refractivity contribution >= 4 is 17.5 Å². The number of likely N-dealkylation sites (N-methyl/N-ethyl adjacent to an activating group) is 1. The number of aromatic nitrogens is 2. The average Bonchev–Trinajstić information content (AvgIpc) is 2.49. The molecule has 0 spiro atoms. The van der Waals surface area contributed by atoms with Gasteiger partial charge < -0.3 is 4.90 Å². The summed E-state index contributed by atoms with van der Waals surface area (Å²) in [6.07, 6.45) is 3.15. The number of amides is 1. The number of carbonyl (C=O) groups is 1. The summed E-state index contributed by atoms with van der Waals surface area (Å²) < 4.78 is 1.55. The molecule has 1 amide bonds. The van der Waals surface area contributed by atoms with Crippen molar-refractivity contribution in [2.24, 2.45) is 0 Å². The van der Waals surface area contributed by atoms with E-state index in [2.05, 4.69) is 5.10 Å². The van der Waals surface area contributed by atoms with Gasteiger partial charge in [-0.1, -0.05) is 11.6 Å². The van der Waals surface area contributed by atoms with E-state index in [-0.39, 0.29) is 11.9 Å². The van der Waals surface area contributed by atoms with Crippen LogP contribution in [0.2, 0.25) is 5.02 Å². The topological polar surface area (TPSA) is 38.1 Å². The lowest BCUT2D eigenvalue weighted by Gasteiger charge is -2.16. The fraction of sp³-hybridized carbons (Fsp3) is 0.500. The SMILES string of the molecule is CC(C(=O)N(C)C)n1cc(Cl)cn1. The molecule has 4 nitrogen and oxygen atoms in total. The third kappa shape index (κ3) is 2.21. The van der Waals surface area contributed by atoms with Crippen molar-refractivity contribution in [2.45, 2.75) is 13.0 Å². The maximum atomic E-state index is 11.5. The van der Waals surface area contributed by atoms with Crippen LogP contribution in [0.4, 0.5) is 0 Å². The molecule has 0 N–H and O–H groups in total. The second-order valence-electron chi connectivity index (χ2n) is 3.05. The molecule has 0 fully saturated rings. The highest BCUT2D eigenvalue weighted by atomic mass is 35.5. The standard InChI is InChI=1S/C8H12ClN3O/c1-6(8(13)11(2)3)12-5-7(9)4-10-12/h4-6H,1-3H3. The summed E-state index contributed by atoms with van der Waals surface area (Å²) >= 11 is 5.68. The van der Waals surface area contributed by atoms with Gasteiger partial charge in [-0.15, -0.1) is 0 Å². The lowest BCUT2D eigenvalue weighted by Crippen LogP contribution is -2.30. The molecule has 0 saturated heterocycles. The number of hydrogen-bond donors (Lipinski definition) is 0. The Bertz CT molecular complexity index is 308. The minimum absolute atomic E-state index is 0.000216. The Morgan fingerprint density at radius 1 is 1.69 bits per heavy atom. The van der Waals surface area contributed by atoms with Gasteiger partial charge in [0.25, 0.3) is 0 Å². The smallest absolute Gasteiger partial charge is 0.246 e. The minimum Gasteiger partial charge on any atom is -0.347 e. The Hall–Kier alpha value is -1.03. The predicted molar refractivity (Wildman–Crippen MR) is 50.6 cm³/mol. The van der Waals surface area contributed by atoms with Crippen LogP contribution in [-0.4, -0.2) is 34.7 Å². The molecular formula is C8H12ClN3O. The van der Waals surface area contributed by atoms with Crippen LogP contribution < -0.4 is 0 Å². The number of hydrogen-bond acceptors (Lipinski definition) is 2. The van der Waals surface area contributed by atoms with E-state index >= 15 is 0 Å². The van der Waals surface area contributed by atoms with E-state index in [0.29, 0.717) is 5.02 Å². The molecular weight excluding hydrogens is 190 g/mol. The third-order valence-electron chi connectivity index (χ3n) is 1.76. The van der Waals surface area contributed by atoms with Crippen molar-refractivity contribution in [2.75, 3.05) is 14.1 Å². The highest BCUT2D eigenvalue weighted by molar-refractivity contribution is 6.30. The molecule has 1 aromatic heterocycles. The molecule has 5 heteroatoms. The second kappa shape index (κ2) is 3.79. The predicted octanol–water partition coefficient (Wildman–Crippen LogP) is 1.19. The van der Waals surface area contributed by atoms with Crippen LogP contribution in [-0.2, 0) is 4.79 Å². The highest BCUT2D eigenvalue weighted by Crippen LogP contribution is 2.11. The van der Waals surface area contributed by atoms with Crippen molar-refractivity contribution in [1.82, 2.24) is 14.7 Å². The molecule has 0 aliphatic carbocycles. The molecule has 0 aromatic carbocycles. The van der Waals surface area contributed by atoms with E-state index in [1.807, 2.05) is 0 Å². The molecule has 1 aromatic rings. The van der Waals surface area contributed by atoms with Gasteiger partial charge in [0, 0.05) is 20.3 Å². The van der Waals surface area contributed by atoms with Gasteiger partial charge in [0.1, 0.15) is 6.04 Å². The summed E-state index contributed by atoms with van der Waals surface area (Å²) in [5.41, 5.74) is 0. The lowest BCUT2D eigenvalue weighted by molar-refractivity contribution is -0.131. The minimum atomic E-state index is -0.303. The van der Waals surface area contributed by atoms with Gasteiger partial charge in [-0.05, 0) is 6.92 Å². The van der Waals surface area contributed by atoms with E-state index in [1.54, 1.807) is 31.9 Å². The monoisotopic (exact) mass is 201 g/mol. The largest absolute Gasteiger partial charge is 0.347 e. The maximum absolute atomic E-state index is 11.5. The summed E-state index contributed by atoms with van der Waals surface area (Å²) in [7, 11) is 3.42. The number of carbonyl (C=O) groups excluding carboxylic acids is 1. The zero-order chi connectivity index (χ0) is 10.0. The van der Waals surface area contributed by atoms with Crippen molar-refractivity contribution in [1.29, 1.82) is 0 Å². The van der Waals surface area contributed by atoms with Gasteiger partial charge in [0.15, 0.2) is 0 Å². The van der Waals surface area contributed by atoms with Crippen LogP contribution in [0.1, 0.15) is 13.0 Å². The Balaban J connectivity index is 2.79. The Labute approximate surface area is 82.1 Å². The molecule has 1 rings (SSSR count). The van der Waals surface area contributed by atoms with Crippen molar-refractivity contribution in [3.63, 3.8) is 0 Å². The first-order valence-corrected chi connectivity index (χ1v) is 4.31. The van der Waals surface area contributed by atoms with Gasteiger partial charge in [0.2, 0.25) is 5.91 Å². The van der Waals surface area contributed by atoms with Crippen LogP contribution in [0.3, 0.4) is 0 Å². The maximum Gasteiger partial charge on any atom is 0.246 e. The second-order valence-corrected chi connectivity index (χ2v) is 3.48. The molecule has 0 saturated carbocycles. The highest BCUT2D eigenvalue weighted by Gasteiger charge is 2.16. The van der Waals surface area contributed by atoms with E-state index in [4.69, 9.17) is 11.6 Å². The Morgan fingerprint density at radius 3 is 2.69 bits per heavy atom. The van der Waals surface area contributed by atoms with Gasteiger partial charge in [-0.2, -0.15) is 5.10 Å². The number of rotatable bonds is 2. The molecule has 13 heavy (non-hydrogen) atoms. The first-order chi connectivity index (χ1) is 6.02. The number of nitrogens with zero attached hydrogens (tertiary/aromatic N) is 3. The van der Waals surface area contributed by atoms with E-state index in [9.17, 15) is 4.79 Å². The molecule has 72 valence electrons. The van der Waals surface area contributed by atoms with Gasteiger partial charge in [-0.25, -0.2) is 0 Å².